The van der Waals surface area contributed by atoms with E-state index in [1.165, 1.54) is 20.1 Å². The van der Waals surface area contributed by atoms with E-state index in [2.05, 4.69) is 5.32 Å². The highest BCUT2D eigenvalue weighted by atomic mass is 32.2. The summed E-state index contributed by atoms with van der Waals surface area (Å²) in [4.78, 5) is 23.3. The van der Waals surface area contributed by atoms with Crippen LogP contribution in [0.15, 0.2) is 41.3 Å². The predicted molar refractivity (Wildman–Crippen MR) is 122 cm³/mol. The molecule has 0 radical (unpaired) electrons. The SMILES string of the molecule is COc1cc(C(C)=O)ccc1OCCCC(=O)Nc1ccc(F)c(S(=O)(=O)N2CCOCC2)c1. The van der Waals surface area contributed by atoms with E-state index in [4.69, 9.17) is 14.2 Å². The van der Waals surface area contributed by atoms with Crippen LogP contribution in [0.25, 0.3) is 0 Å². The Bertz CT molecular complexity index is 1150. The maximum atomic E-state index is 14.3. The zero-order chi connectivity index (χ0) is 24.7. The van der Waals surface area contributed by atoms with Gasteiger partial charge in [0.15, 0.2) is 17.3 Å². The van der Waals surface area contributed by atoms with Gasteiger partial charge in [-0.1, -0.05) is 0 Å². The summed E-state index contributed by atoms with van der Waals surface area (Å²) >= 11 is 0. The van der Waals surface area contributed by atoms with Gasteiger partial charge in [0.1, 0.15) is 10.7 Å². The van der Waals surface area contributed by atoms with Crippen LogP contribution in [0.5, 0.6) is 11.5 Å². The highest BCUT2D eigenvalue weighted by Gasteiger charge is 2.29. The van der Waals surface area contributed by atoms with Crippen LogP contribution in [-0.4, -0.2) is 64.4 Å². The van der Waals surface area contributed by atoms with Gasteiger partial charge in [0.2, 0.25) is 15.9 Å². The van der Waals surface area contributed by atoms with E-state index < -0.39 is 20.7 Å². The molecule has 11 heteroatoms. The average molecular weight is 495 g/mol. The number of nitrogens with zero attached hydrogens (tertiary/aromatic N) is 1. The molecule has 1 fully saturated rings. The first kappa shape index (κ1) is 25.6. The molecule has 1 amide bonds. The molecule has 1 aliphatic heterocycles. The van der Waals surface area contributed by atoms with Crippen LogP contribution in [0.4, 0.5) is 10.1 Å². The number of ether oxygens (including phenoxy) is 3. The summed E-state index contributed by atoms with van der Waals surface area (Å²) in [6, 6.07) is 8.29. The van der Waals surface area contributed by atoms with Gasteiger partial charge in [0, 0.05) is 30.8 Å². The number of rotatable bonds is 10. The van der Waals surface area contributed by atoms with Crippen molar-refractivity contribution in [1.82, 2.24) is 4.31 Å². The minimum Gasteiger partial charge on any atom is -0.493 e. The van der Waals surface area contributed by atoms with Crippen molar-refractivity contribution >= 4 is 27.4 Å². The number of carbonyl (C=O) groups excluding carboxylic acids is 2. The minimum atomic E-state index is -4.04. The number of halogens is 1. The number of amides is 1. The number of methoxy groups -OCH3 is 1. The summed E-state index contributed by atoms with van der Waals surface area (Å²) in [5.41, 5.74) is 0.679. The van der Waals surface area contributed by atoms with E-state index in [1.807, 2.05) is 0 Å². The molecule has 0 spiro atoms. The van der Waals surface area contributed by atoms with Crippen molar-refractivity contribution in [3.05, 3.63) is 47.8 Å². The molecule has 0 aromatic heterocycles. The summed E-state index contributed by atoms with van der Waals surface area (Å²) in [5, 5.41) is 2.59. The van der Waals surface area contributed by atoms with Crippen LogP contribution < -0.4 is 14.8 Å². The van der Waals surface area contributed by atoms with Crippen molar-refractivity contribution in [3.63, 3.8) is 0 Å². The predicted octanol–water partition coefficient (Wildman–Crippen LogP) is 2.86. The van der Waals surface area contributed by atoms with Gasteiger partial charge in [-0.15, -0.1) is 0 Å². The summed E-state index contributed by atoms with van der Waals surface area (Å²) in [6.07, 6.45) is 0.459. The summed E-state index contributed by atoms with van der Waals surface area (Å²) in [6.45, 7) is 2.43. The van der Waals surface area contributed by atoms with Gasteiger partial charge in [-0.3, -0.25) is 9.59 Å². The molecule has 9 nitrogen and oxygen atoms in total. The van der Waals surface area contributed by atoms with E-state index in [0.29, 0.717) is 23.5 Å². The first-order valence-corrected chi connectivity index (χ1v) is 12.2. The largest absolute Gasteiger partial charge is 0.493 e. The van der Waals surface area contributed by atoms with E-state index in [9.17, 15) is 22.4 Å². The van der Waals surface area contributed by atoms with E-state index >= 15 is 0 Å². The Morgan fingerprint density at radius 1 is 1.12 bits per heavy atom. The van der Waals surface area contributed by atoms with Crippen LogP contribution >= 0.6 is 0 Å². The molecule has 34 heavy (non-hydrogen) atoms. The number of benzene rings is 2. The standard InChI is InChI=1S/C23H27FN2O7S/c1-16(27)17-5-8-20(21(14-17)31-2)33-11-3-4-23(28)25-18-6-7-19(24)22(15-18)34(29,30)26-9-12-32-13-10-26/h5-8,14-15H,3-4,9-13H2,1-2H3,(H,25,28). The second kappa shape index (κ2) is 11.4. The maximum absolute atomic E-state index is 14.3. The lowest BCUT2D eigenvalue weighted by molar-refractivity contribution is -0.116. The van der Waals surface area contributed by atoms with Gasteiger partial charge in [0.25, 0.3) is 0 Å². The van der Waals surface area contributed by atoms with Gasteiger partial charge in [0.05, 0.1) is 26.9 Å². The van der Waals surface area contributed by atoms with Crippen molar-refractivity contribution in [1.29, 1.82) is 0 Å². The average Bonchev–Trinajstić information content (AvgIpc) is 2.83. The molecule has 1 saturated heterocycles. The summed E-state index contributed by atoms with van der Waals surface area (Å²) in [5.74, 6) is -0.489. The molecule has 2 aromatic carbocycles. The molecular weight excluding hydrogens is 467 g/mol. The number of nitrogens with one attached hydrogen (secondary N) is 1. The highest BCUT2D eigenvalue weighted by Crippen LogP contribution is 2.28. The van der Waals surface area contributed by atoms with Gasteiger partial charge in [-0.25, -0.2) is 12.8 Å². The fourth-order valence-electron chi connectivity index (χ4n) is 3.35. The van der Waals surface area contributed by atoms with Crippen molar-refractivity contribution in [2.75, 3.05) is 45.3 Å². The van der Waals surface area contributed by atoms with E-state index in [-0.39, 0.29) is 56.7 Å². The van der Waals surface area contributed by atoms with Gasteiger partial charge in [-0.2, -0.15) is 4.31 Å². The molecule has 1 N–H and O–H groups in total. The number of sulfonamides is 1. The Morgan fingerprint density at radius 3 is 2.53 bits per heavy atom. The first-order valence-electron chi connectivity index (χ1n) is 10.7. The minimum absolute atomic E-state index is 0.0940. The Kier molecular flexibility index (Phi) is 8.59. The van der Waals surface area contributed by atoms with Gasteiger partial charge in [-0.05, 0) is 49.7 Å². The molecule has 1 aliphatic rings. The van der Waals surface area contributed by atoms with Gasteiger partial charge < -0.3 is 19.5 Å². The van der Waals surface area contributed by atoms with E-state index in [1.54, 1.807) is 18.2 Å². The Balaban J connectivity index is 1.55. The Hall–Kier alpha value is -3.02. The third-order valence-corrected chi connectivity index (χ3v) is 7.09. The number of morpholine rings is 1. The molecule has 2 aromatic rings. The number of anilines is 1. The quantitative estimate of drug-likeness (QED) is 0.399. The second-order valence-electron chi connectivity index (χ2n) is 7.58. The normalized spacial score (nSPS) is 14.4. The Labute approximate surface area is 197 Å². The summed E-state index contributed by atoms with van der Waals surface area (Å²) in [7, 11) is -2.58. The lowest BCUT2D eigenvalue weighted by Crippen LogP contribution is -2.40. The maximum Gasteiger partial charge on any atom is 0.246 e. The molecule has 0 atom stereocenters. The zero-order valence-electron chi connectivity index (χ0n) is 19.0. The molecular formula is C23H27FN2O7S. The van der Waals surface area contributed by atoms with Crippen molar-refractivity contribution in [2.45, 2.75) is 24.7 Å². The number of ketones is 1. The topological polar surface area (TPSA) is 111 Å². The molecule has 3 rings (SSSR count). The fourth-order valence-corrected chi connectivity index (χ4v) is 4.85. The number of hydrogen-bond donors (Lipinski definition) is 1. The first-order chi connectivity index (χ1) is 16.2. The van der Waals surface area contributed by atoms with Crippen LogP contribution in [0, 0.1) is 5.82 Å². The third-order valence-electron chi connectivity index (χ3n) is 5.18. The third kappa shape index (κ3) is 6.31. The van der Waals surface area contributed by atoms with Crippen LogP contribution in [0.1, 0.15) is 30.1 Å². The van der Waals surface area contributed by atoms with E-state index in [0.717, 1.165) is 16.4 Å². The zero-order valence-corrected chi connectivity index (χ0v) is 19.8. The smallest absolute Gasteiger partial charge is 0.246 e. The van der Waals surface area contributed by atoms with Crippen LogP contribution in [-0.2, 0) is 19.6 Å². The molecule has 0 unspecified atom stereocenters. The van der Waals surface area contributed by atoms with Crippen molar-refractivity contribution in [3.8, 4) is 11.5 Å². The highest BCUT2D eigenvalue weighted by molar-refractivity contribution is 7.89. The van der Waals surface area contributed by atoms with Crippen molar-refractivity contribution < 1.29 is 36.6 Å². The molecule has 1 heterocycles. The second-order valence-corrected chi connectivity index (χ2v) is 9.49. The lowest BCUT2D eigenvalue weighted by Gasteiger charge is -2.26. The summed E-state index contributed by atoms with van der Waals surface area (Å²) < 4.78 is 57.1. The van der Waals surface area contributed by atoms with Gasteiger partial charge >= 0.3 is 0 Å². The number of Topliss-reactive ketones (excluding diaryl/α,β-unsaturated/α-hetero) is 1. The molecule has 0 bridgehead atoms. The number of carbonyl (C=O) groups is 2. The molecule has 184 valence electrons. The Morgan fingerprint density at radius 2 is 1.85 bits per heavy atom. The lowest BCUT2D eigenvalue weighted by atomic mass is 10.1. The molecule has 0 aliphatic carbocycles. The molecule has 0 saturated carbocycles. The van der Waals surface area contributed by atoms with Crippen LogP contribution in [0.3, 0.4) is 0 Å². The van der Waals surface area contributed by atoms with Crippen molar-refractivity contribution in [2.24, 2.45) is 0 Å². The monoisotopic (exact) mass is 494 g/mol. The van der Waals surface area contributed by atoms with Crippen LogP contribution in [0.2, 0.25) is 0 Å². The fraction of sp³-hybridized carbons (Fsp3) is 0.391. The number of hydrogen-bond acceptors (Lipinski definition) is 7.